The fourth-order valence-electron chi connectivity index (χ4n) is 10.2. The van der Waals surface area contributed by atoms with Gasteiger partial charge in [0.05, 0.1) is 0 Å². The van der Waals surface area contributed by atoms with Gasteiger partial charge >= 0.3 is 17.9 Å². The van der Waals surface area contributed by atoms with E-state index < -0.39 is 6.10 Å². The molecule has 0 fully saturated rings. The van der Waals surface area contributed by atoms with E-state index in [0.717, 1.165) is 116 Å². The first-order valence-corrected chi connectivity index (χ1v) is 35.1. The zero-order chi connectivity index (χ0) is 58.5. The van der Waals surface area contributed by atoms with Gasteiger partial charge in [0, 0.05) is 19.3 Å². The molecule has 0 aromatic carbocycles. The van der Waals surface area contributed by atoms with Gasteiger partial charge in [0.25, 0.3) is 0 Å². The van der Waals surface area contributed by atoms with E-state index in [1.807, 2.05) is 0 Å². The van der Waals surface area contributed by atoms with Crippen LogP contribution in [0, 0.1) is 0 Å². The van der Waals surface area contributed by atoms with Gasteiger partial charge in [0.2, 0.25) is 0 Å². The van der Waals surface area contributed by atoms with Crippen molar-refractivity contribution in [2.75, 3.05) is 13.2 Å². The summed E-state index contributed by atoms with van der Waals surface area (Å²) in [5, 5.41) is 0. The Morgan fingerprint density at radius 1 is 0.259 bits per heavy atom. The number of esters is 3. The van der Waals surface area contributed by atoms with Crippen molar-refractivity contribution in [2.24, 2.45) is 0 Å². The maximum Gasteiger partial charge on any atom is 0.306 e. The van der Waals surface area contributed by atoms with Crippen LogP contribution in [0.25, 0.3) is 0 Å². The molecule has 0 aromatic heterocycles. The SMILES string of the molecule is CC/C=C\C/C=C\C/C=C\C/C=C\C/C=C\CCCCCCCCCC(=O)OC(COC(=O)CCCCCCC/C=C\C/C=C\CCCCC)COC(=O)CCCCCCCCCCCCCCCCCCCCCCCCCCC. The lowest BCUT2D eigenvalue weighted by Gasteiger charge is -2.18. The van der Waals surface area contributed by atoms with Gasteiger partial charge in [-0.3, -0.25) is 14.4 Å². The summed E-state index contributed by atoms with van der Waals surface area (Å²) in [6.45, 7) is 6.53. The predicted molar refractivity (Wildman–Crippen MR) is 353 cm³/mol. The van der Waals surface area contributed by atoms with Crippen molar-refractivity contribution >= 4 is 17.9 Å². The summed E-state index contributed by atoms with van der Waals surface area (Å²) in [7, 11) is 0. The number of hydrogen-bond acceptors (Lipinski definition) is 6. The molecule has 0 saturated heterocycles. The van der Waals surface area contributed by atoms with Crippen LogP contribution < -0.4 is 0 Å². The molecule has 6 nitrogen and oxygen atoms in total. The van der Waals surface area contributed by atoms with Gasteiger partial charge in [-0.25, -0.2) is 0 Å². The molecular weight excluding hydrogens is 997 g/mol. The van der Waals surface area contributed by atoms with Crippen molar-refractivity contribution in [2.45, 2.75) is 361 Å². The number of carbonyl (C=O) groups is 3. The highest BCUT2D eigenvalue weighted by Crippen LogP contribution is 2.18. The number of rotatable bonds is 64. The predicted octanol–water partition coefficient (Wildman–Crippen LogP) is 24.2. The van der Waals surface area contributed by atoms with E-state index in [9.17, 15) is 14.4 Å². The molecule has 0 aliphatic carbocycles. The number of hydrogen-bond donors (Lipinski definition) is 0. The molecule has 81 heavy (non-hydrogen) atoms. The van der Waals surface area contributed by atoms with Crippen LogP contribution in [-0.4, -0.2) is 37.2 Å². The van der Waals surface area contributed by atoms with E-state index in [1.54, 1.807) is 0 Å². The number of carbonyl (C=O) groups excluding carboxylic acids is 3. The second-order valence-corrected chi connectivity index (χ2v) is 23.4. The summed E-state index contributed by atoms with van der Waals surface area (Å²) in [4.78, 5) is 38.4. The highest BCUT2D eigenvalue weighted by Gasteiger charge is 2.19. The van der Waals surface area contributed by atoms with Crippen LogP contribution in [0.1, 0.15) is 355 Å². The Hall–Kier alpha value is -3.41. The summed E-state index contributed by atoms with van der Waals surface area (Å²) in [6, 6.07) is 0. The van der Waals surface area contributed by atoms with Crippen LogP contribution in [0.15, 0.2) is 85.1 Å². The summed E-state index contributed by atoms with van der Waals surface area (Å²) in [6.07, 6.45) is 91.8. The van der Waals surface area contributed by atoms with Gasteiger partial charge in [-0.1, -0.05) is 324 Å². The van der Waals surface area contributed by atoms with Crippen molar-refractivity contribution in [3.63, 3.8) is 0 Å². The molecule has 0 aromatic rings. The van der Waals surface area contributed by atoms with Crippen molar-refractivity contribution in [1.82, 2.24) is 0 Å². The number of allylic oxidation sites excluding steroid dienone is 14. The first kappa shape index (κ1) is 77.6. The molecule has 0 saturated carbocycles. The van der Waals surface area contributed by atoms with Gasteiger partial charge in [-0.15, -0.1) is 0 Å². The molecular formula is C75H132O6. The second kappa shape index (κ2) is 69.1. The monoisotopic (exact) mass is 1130 g/mol. The molecule has 6 heteroatoms. The summed E-state index contributed by atoms with van der Waals surface area (Å²) in [5.74, 6) is -0.890. The van der Waals surface area contributed by atoms with Crippen LogP contribution in [0.4, 0.5) is 0 Å². The van der Waals surface area contributed by atoms with Gasteiger partial charge < -0.3 is 14.2 Å². The molecule has 0 aliphatic rings. The highest BCUT2D eigenvalue weighted by molar-refractivity contribution is 5.71. The molecule has 0 radical (unpaired) electrons. The summed E-state index contributed by atoms with van der Waals surface area (Å²) < 4.78 is 17.0. The van der Waals surface area contributed by atoms with Gasteiger partial charge in [-0.2, -0.15) is 0 Å². The standard InChI is InChI=1S/C75H132O6/c1-4-7-10-13-16-19-22-25-28-30-32-34-36-37-39-40-42-44-47-50-53-56-59-62-65-68-74(77)80-71-72(70-79-73(76)67-64-61-58-55-52-49-46-27-24-21-18-15-12-9-6-3)81-75(78)69-66-63-60-57-54-51-48-45-43-41-38-35-33-31-29-26-23-20-17-14-11-8-5-2/h8,11,17-18,20-21,26-27,29,33,35,41,43,46,72H,4-7,9-10,12-16,19,22-25,28,30-32,34,36-40,42,44-45,47-71H2,1-3H3/b11-8-,20-17-,21-18-,29-26-,35-33-,43-41-,46-27-. The third kappa shape index (κ3) is 67.3. The molecule has 0 bridgehead atoms. The number of unbranched alkanes of at least 4 members (excludes halogenated alkanes) is 39. The molecule has 468 valence electrons. The lowest BCUT2D eigenvalue weighted by Crippen LogP contribution is -2.30. The van der Waals surface area contributed by atoms with Crippen molar-refractivity contribution in [3.05, 3.63) is 85.1 Å². The molecule has 0 N–H and O–H groups in total. The zero-order valence-corrected chi connectivity index (χ0v) is 53.8. The van der Waals surface area contributed by atoms with Gasteiger partial charge in [0.1, 0.15) is 13.2 Å². The lowest BCUT2D eigenvalue weighted by atomic mass is 10.0. The summed E-state index contributed by atoms with van der Waals surface area (Å²) >= 11 is 0. The normalized spacial score (nSPS) is 12.6. The Morgan fingerprint density at radius 2 is 0.481 bits per heavy atom. The van der Waals surface area contributed by atoms with Crippen LogP contribution in [0.3, 0.4) is 0 Å². The Kier molecular flexibility index (Phi) is 66.2. The van der Waals surface area contributed by atoms with E-state index in [-0.39, 0.29) is 31.1 Å². The van der Waals surface area contributed by atoms with E-state index in [4.69, 9.17) is 14.2 Å². The van der Waals surface area contributed by atoms with Gasteiger partial charge in [0.15, 0.2) is 6.10 Å². The Bertz CT molecular complexity index is 1530. The smallest absolute Gasteiger partial charge is 0.306 e. The fraction of sp³-hybridized carbons (Fsp3) is 0.773. The van der Waals surface area contributed by atoms with E-state index in [2.05, 4.69) is 106 Å². The molecule has 0 aliphatic heterocycles. The van der Waals surface area contributed by atoms with Crippen molar-refractivity contribution in [1.29, 1.82) is 0 Å². The molecule has 0 rings (SSSR count). The maximum atomic E-state index is 13.0. The number of ether oxygens (including phenoxy) is 3. The highest BCUT2D eigenvalue weighted by atomic mass is 16.6. The van der Waals surface area contributed by atoms with Crippen LogP contribution in [-0.2, 0) is 28.6 Å². The van der Waals surface area contributed by atoms with E-state index in [1.165, 1.54) is 199 Å². The first-order chi connectivity index (χ1) is 40.0. The molecule has 0 amide bonds. The van der Waals surface area contributed by atoms with E-state index >= 15 is 0 Å². The van der Waals surface area contributed by atoms with Crippen LogP contribution in [0.5, 0.6) is 0 Å². The fourth-order valence-corrected chi connectivity index (χ4v) is 10.2. The zero-order valence-electron chi connectivity index (χ0n) is 53.8. The molecule has 1 atom stereocenters. The Labute approximate surface area is 503 Å². The van der Waals surface area contributed by atoms with Crippen molar-refractivity contribution in [3.8, 4) is 0 Å². The minimum Gasteiger partial charge on any atom is -0.462 e. The average molecular weight is 1130 g/mol. The van der Waals surface area contributed by atoms with Crippen LogP contribution in [0.2, 0.25) is 0 Å². The quantitative estimate of drug-likeness (QED) is 0.0261. The molecule has 0 heterocycles. The lowest BCUT2D eigenvalue weighted by molar-refractivity contribution is -0.167. The molecule has 0 spiro atoms. The Morgan fingerprint density at radius 3 is 0.778 bits per heavy atom. The van der Waals surface area contributed by atoms with Gasteiger partial charge in [-0.05, 0) is 96.3 Å². The topological polar surface area (TPSA) is 78.9 Å². The molecule has 1 unspecified atom stereocenters. The first-order valence-electron chi connectivity index (χ1n) is 35.1. The Balaban J connectivity index is 4.33. The second-order valence-electron chi connectivity index (χ2n) is 23.4. The summed E-state index contributed by atoms with van der Waals surface area (Å²) in [5.41, 5.74) is 0. The largest absolute Gasteiger partial charge is 0.462 e. The van der Waals surface area contributed by atoms with Crippen LogP contribution >= 0.6 is 0 Å². The minimum absolute atomic E-state index is 0.0827. The third-order valence-electron chi connectivity index (χ3n) is 15.4. The third-order valence-corrected chi connectivity index (χ3v) is 15.4. The minimum atomic E-state index is -0.790. The maximum absolute atomic E-state index is 13.0. The van der Waals surface area contributed by atoms with E-state index in [0.29, 0.717) is 19.3 Å². The average Bonchev–Trinajstić information content (AvgIpc) is 3.47. The van der Waals surface area contributed by atoms with Crippen molar-refractivity contribution < 1.29 is 28.6 Å².